The fourth-order valence-electron chi connectivity index (χ4n) is 2.98. The van der Waals surface area contributed by atoms with Crippen LogP contribution in [0.15, 0.2) is 12.7 Å². The molecule has 0 aromatic carbocycles. The highest BCUT2D eigenvalue weighted by Crippen LogP contribution is 2.32. The number of nitrogens with one attached hydrogen (secondary N) is 1. The normalized spacial score (nSPS) is 27.6. The van der Waals surface area contributed by atoms with Crippen LogP contribution in [0.5, 0.6) is 0 Å². The predicted octanol–water partition coefficient (Wildman–Crippen LogP) is 4.15. The first-order valence-electron chi connectivity index (χ1n) is 7.12. The summed E-state index contributed by atoms with van der Waals surface area (Å²) in [5.74, 6) is 1.85. The van der Waals surface area contributed by atoms with E-state index in [-0.39, 0.29) is 0 Å². The summed E-state index contributed by atoms with van der Waals surface area (Å²) in [5.41, 5.74) is 0. The number of allylic oxidation sites excluding steroid dienone is 1. The second kappa shape index (κ2) is 7.89. The minimum Gasteiger partial charge on any atom is -0.314 e. The molecule has 1 saturated carbocycles. The summed E-state index contributed by atoms with van der Waals surface area (Å²) in [6.07, 6.45) is 11.5. The van der Waals surface area contributed by atoms with Crippen LogP contribution in [-0.4, -0.2) is 12.6 Å². The molecule has 16 heavy (non-hydrogen) atoms. The van der Waals surface area contributed by atoms with Crippen LogP contribution < -0.4 is 5.32 Å². The zero-order valence-corrected chi connectivity index (χ0v) is 11.2. The van der Waals surface area contributed by atoms with Gasteiger partial charge in [-0.3, -0.25) is 0 Å². The fraction of sp³-hybridized carbons (Fsp3) is 0.867. The average molecular weight is 223 g/mol. The molecule has 0 aromatic heterocycles. The first-order valence-corrected chi connectivity index (χ1v) is 7.12. The molecule has 0 amide bonds. The van der Waals surface area contributed by atoms with E-state index in [1.54, 1.807) is 0 Å². The molecule has 1 fully saturated rings. The van der Waals surface area contributed by atoms with Crippen LogP contribution in [0.25, 0.3) is 0 Å². The van der Waals surface area contributed by atoms with Gasteiger partial charge in [-0.2, -0.15) is 0 Å². The van der Waals surface area contributed by atoms with E-state index >= 15 is 0 Å². The van der Waals surface area contributed by atoms with E-state index in [9.17, 15) is 0 Å². The summed E-state index contributed by atoms with van der Waals surface area (Å²) in [5, 5.41) is 3.75. The Bertz CT molecular complexity index is 188. The maximum absolute atomic E-state index is 3.85. The van der Waals surface area contributed by atoms with Gasteiger partial charge < -0.3 is 5.32 Å². The Morgan fingerprint density at radius 2 is 2.25 bits per heavy atom. The Morgan fingerprint density at radius 1 is 1.44 bits per heavy atom. The predicted molar refractivity (Wildman–Crippen MR) is 72.6 cm³/mol. The molecule has 1 N–H and O–H groups in total. The Kier molecular flexibility index (Phi) is 6.79. The van der Waals surface area contributed by atoms with Gasteiger partial charge in [0.2, 0.25) is 0 Å². The molecule has 1 nitrogen and oxygen atoms in total. The van der Waals surface area contributed by atoms with E-state index in [1.807, 2.05) is 0 Å². The highest BCUT2D eigenvalue weighted by Gasteiger charge is 2.25. The molecule has 0 saturated heterocycles. The molecule has 0 aromatic rings. The standard InChI is InChI=1S/C15H29N/c1-4-6-10-15(16-11-5-2)14-9-7-8-13(3)12-14/h4,13-16H,1,5-12H2,2-3H3. The van der Waals surface area contributed by atoms with E-state index in [1.165, 1.54) is 45.1 Å². The van der Waals surface area contributed by atoms with Crippen LogP contribution >= 0.6 is 0 Å². The monoisotopic (exact) mass is 223 g/mol. The second-order valence-corrected chi connectivity index (χ2v) is 5.46. The van der Waals surface area contributed by atoms with Crippen molar-refractivity contribution in [1.29, 1.82) is 0 Å². The van der Waals surface area contributed by atoms with Gasteiger partial charge in [-0.05, 0) is 50.5 Å². The lowest BCUT2D eigenvalue weighted by Gasteiger charge is -2.34. The third-order valence-electron chi connectivity index (χ3n) is 3.88. The molecule has 0 bridgehead atoms. The molecule has 0 spiro atoms. The van der Waals surface area contributed by atoms with Crippen molar-refractivity contribution in [2.24, 2.45) is 11.8 Å². The first kappa shape index (κ1) is 13.8. The summed E-state index contributed by atoms with van der Waals surface area (Å²) in [6, 6.07) is 0.737. The number of rotatable bonds is 7. The second-order valence-electron chi connectivity index (χ2n) is 5.46. The molecule has 0 radical (unpaired) electrons. The van der Waals surface area contributed by atoms with Crippen LogP contribution in [0, 0.1) is 11.8 Å². The molecular weight excluding hydrogens is 194 g/mol. The van der Waals surface area contributed by atoms with E-state index in [4.69, 9.17) is 0 Å². The van der Waals surface area contributed by atoms with Crippen molar-refractivity contribution >= 4 is 0 Å². The first-order chi connectivity index (χ1) is 7.77. The molecule has 1 heteroatoms. The quantitative estimate of drug-likeness (QED) is 0.639. The van der Waals surface area contributed by atoms with Crippen molar-refractivity contribution in [3.8, 4) is 0 Å². The largest absolute Gasteiger partial charge is 0.314 e. The van der Waals surface area contributed by atoms with Gasteiger partial charge in [-0.25, -0.2) is 0 Å². The average Bonchev–Trinajstić information content (AvgIpc) is 2.29. The molecule has 94 valence electrons. The van der Waals surface area contributed by atoms with Crippen molar-refractivity contribution in [2.75, 3.05) is 6.54 Å². The molecule has 3 atom stereocenters. The van der Waals surface area contributed by atoms with Crippen molar-refractivity contribution in [2.45, 2.75) is 64.8 Å². The summed E-state index contributed by atoms with van der Waals surface area (Å²) >= 11 is 0. The molecule has 0 aliphatic heterocycles. The van der Waals surface area contributed by atoms with Crippen molar-refractivity contribution in [3.63, 3.8) is 0 Å². The van der Waals surface area contributed by atoms with Crippen LogP contribution in [-0.2, 0) is 0 Å². The van der Waals surface area contributed by atoms with Gasteiger partial charge in [0.15, 0.2) is 0 Å². The van der Waals surface area contributed by atoms with Crippen LogP contribution in [0.3, 0.4) is 0 Å². The third-order valence-corrected chi connectivity index (χ3v) is 3.88. The summed E-state index contributed by atoms with van der Waals surface area (Å²) < 4.78 is 0. The Morgan fingerprint density at radius 3 is 2.88 bits per heavy atom. The Labute approximate surface area is 102 Å². The van der Waals surface area contributed by atoms with Gasteiger partial charge in [0.25, 0.3) is 0 Å². The van der Waals surface area contributed by atoms with Crippen molar-refractivity contribution in [1.82, 2.24) is 5.32 Å². The Hall–Kier alpha value is -0.300. The van der Waals surface area contributed by atoms with Crippen molar-refractivity contribution < 1.29 is 0 Å². The van der Waals surface area contributed by atoms with Crippen LogP contribution in [0.1, 0.15) is 58.8 Å². The molecule has 1 aliphatic rings. The Balaban J connectivity index is 2.41. The van der Waals surface area contributed by atoms with Crippen LogP contribution in [0.2, 0.25) is 0 Å². The fourth-order valence-corrected chi connectivity index (χ4v) is 2.98. The molecule has 1 rings (SSSR count). The van der Waals surface area contributed by atoms with E-state index in [0.717, 1.165) is 24.3 Å². The minimum absolute atomic E-state index is 0.737. The summed E-state index contributed by atoms with van der Waals surface area (Å²) in [7, 11) is 0. The number of hydrogen-bond donors (Lipinski definition) is 1. The SMILES string of the molecule is C=CCCC(NCCC)C1CCCC(C)C1. The van der Waals surface area contributed by atoms with Gasteiger partial charge in [-0.1, -0.05) is 32.8 Å². The summed E-state index contributed by atoms with van der Waals surface area (Å²) in [4.78, 5) is 0. The maximum atomic E-state index is 3.85. The third kappa shape index (κ3) is 4.69. The molecular formula is C15H29N. The van der Waals surface area contributed by atoms with Gasteiger partial charge in [-0.15, -0.1) is 6.58 Å². The van der Waals surface area contributed by atoms with Crippen LogP contribution in [0.4, 0.5) is 0 Å². The zero-order valence-electron chi connectivity index (χ0n) is 11.2. The number of hydrogen-bond acceptors (Lipinski definition) is 1. The minimum atomic E-state index is 0.737. The van der Waals surface area contributed by atoms with E-state index < -0.39 is 0 Å². The topological polar surface area (TPSA) is 12.0 Å². The lowest BCUT2D eigenvalue weighted by molar-refractivity contribution is 0.215. The van der Waals surface area contributed by atoms with Gasteiger partial charge >= 0.3 is 0 Å². The zero-order chi connectivity index (χ0) is 11.8. The van der Waals surface area contributed by atoms with E-state index in [2.05, 4.69) is 31.8 Å². The molecule has 1 aliphatic carbocycles. The molecule has 3 unspecified atom stereocenters. The van der Waals surface area contributed by atoms with E-state index in [0.29, 0.717) is 0 Å². The highest BCUT2D eigenvalue weighted by molar-refractivity contribution is 4.83. The van der Waals surface area contributed by atoms with Crippen molar-refractivity contribution in [3.05, 3.63) is 12.7 Å². The lowest BCUT2D eigenvalue weighted by atomic mass is 9.77. The highest BCUT2D eigenvalue weighted by atomic mass is 14.9. The van der Waals surface area contributed by atoms with Gasteiger partial charge in [0, 0.05) is 6.04 Å². The smallest absolute Gasteiger partial charge is 0.00983 e. The van der Waals surface area contributed by atoms with Gasteiger partial charge in [0.05, 0.1) is 0 Å². The summed E-state index contributed by atoms with van der Waals surface area (Å²) in [6.45, 7) is 9.68. The molecule has 0 heterocycles. The lowest BCUT2D eigenvalue weighted by Crippen LogP contribution is -2.38. The van der Waals surface area contributed by atoms with Gasteiger partial charge in [0.1, 0.15) is 0 Å². The maximum Gasteiger partial charge on any atom is 0.00983 e.